The Morgan fingerprint density at radius 3 is 2.80 bits per heavy atom. The Labute approximate surface area is 125 Å². The highest BCUT2D eigenvalue weighted by molar-refractivity contribution is 9.10. The third kappa shape index (κ3) is 3.19. The highest BCUT2D eigenvalue weighted by atomic mass is 79.9. The van der Waals surface area contributed by atoms with E-state index < -0.39 is 0 Å². The van der Waals surface area contributed by atoms with Gasteiger partial charge in [-0.25, -0.2) is 4.98 Å². The van der Waals surface area contributed by atoms with Crippen molar-refractivity contribution in [2.75, 3.05) is 6.61 Å². The predicted octanol–water partition coefficient (Wildman–Crippen LogP) is 2.97. The van der Waals surface area contributed by atoms with Crippen molar-refractivity contribution in [2.24, 2.45) is 7.05 Å². The molecule has 1 aromatic carbocycles. The van der Waals surface area contributed by atoms with Crippen molar-refractivity contribution in [3.63, 3.8) is 0 Å². The van der Waals surface area contributed by atoms with Gasteiger partial charge in [0.25, 0.3) is 0 Å². The van der Waals surface area contributed by atoms with Crippen LogP contribution >= 0.6 is 15.9 Å². The maximum Gasteiger partial charge on any atom is 0.175 e. The minimum atomic E-state index is 0.371. The fourth-order valence-electron chi connectivity index (χ4n) is 1.73. The average molecular weight is 339 g/mol. The normalized spacial score (nSPS) is 10.3. The van der Waals surface area contributed by atoms with Gasteiger partial charge in [0, 0.05) is 12.6 Å². The van der Waals surface area contributed by atoms with Crippen LogP contribution in [0.2, 0.25) is 0 Å². The van der Waals surface area contributed by atoms with Gasteiger partial charge in [0.2, 0.25) is 0 Å². The van der Waals surface area contributed by atoms with Crippen LogP contribution in [0.15, 0.2) is 29.1 Å². The number of rotatable bonds is 6. The molecule has 6 heteroatoms. The second kappa shape index (κ2) is 6.56. The van der Waals surface area contributed by atoms with Gasteiger partial charge in [0.05, 0.1) is 29.3 Å². The number of ether oxygens (including phenoxy) is 2. The van der Waals surface area contributed by atoms with E-state index in [1.165, 1.54) is 0 Å². The number of carbonyl (C=O) groups is 1. The van der Waals surface area contributed by atoms with E-state index in [-0.39, 0.29) is 0 Å². The van der Waals surface area contributed by atoms with Gasteiger partial charge in [-0.15, -0.1) is 0 Å². The zero-order valence-electron chi connectivity index (χ0n) is 11.3. The molecule has 0 amide bonds. The highest BCUT2D eigenvalue weighted by Gasteiger charge is 2.13. The van der Waals surface area contributed by atoms with Crippen molar-refractivity contribution in [1.29, 1.82) is 0 Å². The van der Waals surface area contributed by atoms with Crippen LogP contribution in [0.3, 0.4) is 0 Å². The molecule has 20 heavy (non-hydrogen) atoms. The van der Waals surface area contributed by atoms with E-state index in [0.29, 0.717) is 34.7 Å². The number of hydrogen-bond acceptors (Lipinski definition) is 4. The monoisotopic (exact) mass is 338 g/mol. The number of aryl methyl sites for hydroxylation is 1. The molecule has 0 aliphatic rings. The first-order valence-electron chi connectivity index (χ1n) is 6.15. The van der Waals surface area contributed by atoms with E-state index in [0.717, 1.165) is 12.0 Å². The van der Waals surface area contributed by atoms with Gasteiger partial charge in [-0.3, -0.25) is 4.79 Å². The molecule has 5 nitrogen and oxygen atoms in total. The van der Waals surface area contributed by atoms with Crippen LogP contribution in [0, 0.1) is 0 Å². The molecule has 0 bridgehead atoms. The molecule has 0 unspecified atom stereocenters. The summed E-state index contributed by atoms with van der Waals surface area (Å²) in [6.07, 6.45) is 4.24. The minimum absolute atomic E-state index is 0.371. The molecule has 2 rings (SSSR count). The summed E-state index contributed by atoms with van der Waals surface area (Å²) in [4.78, 5) is 14.9. The summed E-state index contributed by atoms with van der Waals surface area (Å²) in [7, 11) is 1.90. The molecule has 1 heterocycles. The number of aromatic nitrogens is 2. The fourth-order valence-corrected chi connectivity index (χ4v) is 2.30. The first-order valence-corrected chi connectivity index (χ1v) is 6.94. The topological polar surface area (TPSA) is 53.4 Å². The Bertz CT molecular complexity index is 610. The van der Waals surface area contributed by atoms with Gasteiger partial charge >= 0.3 is 0 Å². The van der Waals surface area contributed by atoms with E-state index in [1.54, 1.807) is 24.7 Å². The van der Waals surface area contributed by atoms with Crippen LogP contribution in [-0.4, -0.2) is 22.4 Å². The molecule has 0 fully saturated rings. The lowest BCUT2D eigenvalue weighted by atomic mass is 10.2. The third-order valence-corrected chi connectivity index (χ3v) is 3.34. The average Bonchev–Trinajstić information content (AvgIpc) is 2.83. The summed E-state index contributed by atoms with van der Waals surface area (Å²) in [5.74, 6) is 1.13. The molecular formula is C14H15BrN2O3. The molecule has 0 atom stereocenters. The summed E-state index contributed by atoms with van der Waals surface area (Å²) in [6.45, 7) is 2.75. The number of hydrogen-bond donors (Lipinski definition) is 0. The van der Waals surface area contributed by atoms with Crippen LogP contribution in [0.1, 0.15) is 23.0 Å². The van der Waals surface area contributed by atoms with Gasteiger partial charge in [-0.05, 0) is 35.0 Å². The van der Waals surface area contributed by atoms with Gasteiger partial charge in [0.15, 0.2) is 11.5 Å². The predicted molar refractivity (Wildman–Crippen MR) is 78.2 cm³/mol. The SMILES string of the molecule is CCOc1cc(C=O)cc(Br)c1OCc1cncn1C. The number of carbonyl (C=O) groups excluding carboxylic acids is 1. The van der Waals surface area contributed by atoms with Crippen molar-refractivity contribution in [3.05, 3.63) is 40.4 Å². The molecule has 0 saturated carbocycles. The number of aldehydes is 1. The van der Waals surface area contributed by atoms with E-state index >= 15 is 0 Å². The molecular weight excluding hydrogens is 324 g/mol. The van der Waals surface area contributed by atoms with Crippen molar-refractivity contribution in [1.82, 2.24) is 9.55 Å². The van der Waals surface area contributed by atoms with Crippen molar-refractivity contribution in [3.8, 4) is 11.5 Å². The molecule has 0 saturated heterocycles. The molecule has 0 spiro atoms. The Kier molecular flexibility index (Phi) is 4.79. The number of nitrogens with zero attached hydrogens (tertiary/aromatic N) is 2. The Morgan fingerprint density at radius 1 is 1.40 bits per heavy atom. The van der Waals surface area contributed by atoms with Crippen molar-refractivity contribution in [2.45, 2.75) is 13.5 Å². The lowest BCUT2D eigenvalue weighted by Gasteiger charge is -2.14. The molecule has 0 aliphatic carbocycles. The van der Waals surface area contributed by atoms with E-state index in [9.17, 15) is 4.79 Å². The lowest BCUT2D eigenvalue weighted by molar-refractivity contribution is 0.112. The molecule has 0 aliphatic heterocycles. The van der Waals surface area contributed by atoms with Crippen LogP contribution in [0.25, 0.3) is 0 Å². The van der Waals surface area contributed by atoms with E-state index in [4.69, 9.17) is 9.47 Å². The van der Waals surface area contributed by atoms with Crippen molar-refractivity contribution < 1.29 is 14.3 Å². The molecule has 2 aromatic rings. The summed E-state index contributed by atoms with van der Waals surface area (Å²) < 4.78 is 13.9. The first kappa shape index (κ1) is 14.6. The standard InChI is InChI=1S/C14H15BrN2O3/c1-3-19-13-5-10(7-18)4-12(15)14(13)20-8-11-6-16-9-17(11)2/h4-7,9H,3,8H2,1-2H3. The molecule has 1 aromatic heterocycles. The molecule has 106 valence electrons. The summed E-state index contributed by atoms with van der Waals surface area (Å²) in [5, 5.41) is 0. The molecule has 0 N–H and O–H groups in total. The number of imidazole rings is 1. The maximum atomic E-state index is 10.9. The Hall–Kier alpha value is -1.82. The number of halogens is 1. The summed E-state index contributed by atoms with van der Waals surface area (Å²) in [5.41, 5.74) is 1.48. The minimum Gasteiger partial charge on any atom is -0.490 e. The van der Waals surface area contributed by atoms with Gasteiger partial charge in [0.1, 0.15) is 12.9 Å². The van der Waals surface area contributed by atoms with Crippen LogP contribution in [0.4, 0.5) is 0 Å². The summed E-state index contributed by atoms with van der Waals surface area (Å²) in [6, 6.07) is 3.37. The second-order valence-electron chi connectivity index (χ2n) is 4.17. The van der Waals surface area contributed by atoms with Gasteiger partial charge < -0.3 is 14.0 Å². The zero-order valence-corrected chi connectivity index (χ0v) is 12.9. The lowest BCUT2D eigenvalue weighted by Crippen LogP contribution is -2.04. The van der Waals surface area contributed by atoms with Crippen LogP contribution < -0.4 is 9.47 Å². The Morgan fingerprint density at radius 2 is 2.20 bits per heavy atom. The number of benzene rings is 1. The van der Waals surface area contributed by atoms with Gasteiger partial charge in [-0.2, -0.15) is 0 Å². The van der Waals surface area contributed by atoms with Gasteiger partial charge in [-0.1, -0.05) is 0 Å². The van der Waals surface area contributed by atoms with Crippen LogP contribution in [-0.2, 0) is 13.7 Å². The smallest absolute Gasteiger partial charge is 0.175 e. The molecule has 0 radical (unpaired) electrons. The largest absolute Gasteiger partial charge is 0.490 e. The van der Waals surface area contributed by atoms with E-state index in [2.05, 4.69) is 20.9 Å². The second-order valence-corrected chi connectivity index (χ2v) is 5.02. The van der Waals surface area contributed by atoms with E-state index in [1.807, 2.05) is 18.5 Å². The van der Waals surface area contributed by atoms with Crippen molar-refractivity contribution >= 4 is 22.2 Å². The highest BCUT2D eigenvalue weighted by Crippen LogP contribution is 2.37. The first-order chi connectivity index (χ1) is 9.65. The maximum absolute atomic E-state index is 10.9. The summed E-state index contributed by atoms with van der Waals surface area (Å²) >= 11 is 3.41. The quantitative estimate of drug-likeness (QED) is 0.760. The Balaban J connectivity index is 2.25. The fraction of sp³-hybridized carbons (Fsp3) is 0.286. The van der Waals surface area contributed by atoms with Crippen LogP contribution in [0.5, 0.6) is 11.5 Å². The third-order valence-electron chi connectivity index (χ3n) is 2.75. The zero-order chi connectivity index (χ0) is 14.5.